The predicted molar refractivity (Wildman–Crippen MR) is 59.4 cm³/mol. The van der Waals surface area contributed by atoms with Gasteiger partial charge in [-0.05, 0) is 19.8 Å². The van der Waals surface area contributed by atoms with Crippen LogP contribution in [-0.2, 0) is 0 Å². The molecular weight excluding hydrogens is 206 g/mol. The number of carbonyl (C=O) groups is 1. The number of amides is 1. The number of fused-ring (bicyclic) bond motifs is 1. The van der Waals surface area contributed by atoms with E-state index < -0.39 is 6.09 Å². The zero-order valence-electron chi connectivity index (χ0n) is 9.86. The Bertz CT molecular complexity index is 396. The molecular formula is C11H17N3O2. The maximum atomic E-state index is 11.2. The van der Waals surface area contributed by atoms with Crippen LogP contribution in [0.15, 0.2) is 6.20 Å². The van der Waals surface area contributed by atoms with Gasteiger partial charge in [-0.2, -0.15) is 5.10 Å². The smallest absolute Gasteiger partial charge is 0.407 e. The van der Waals surface area contributed by atoms with E-state index in [0.29, 0.717) is 11.8 Å². The van der Waals surface area contributed by atoms with Crippen LogP contribution in [0.4, 0.5) is 4.79 Å². The van der Waals surface area contributed by atoms with Crippen LogP contribution in [0.25, 0.3) is 0 Å². The van der Waals surface area contributed by atoms with Crippen LogP contribution in [-0.4, -0.2) is 15.9 Å². The summed E-state index contributed by atoms with van der Waals surface area (Å²) in [6.07, 6.45) is 3.46. The van der Waals surface area contributed by atoms with Crippen LogP contribution in [0.1, 0.15) is 51.4 Å². The Balaban J connectivity index is 2.32. The first-order valence-electron chi connectivity index (χ1n) is 5.73. The van der Waals surface area contributed by atoms with E-state index in [1.165, 1.54) is 0 Å². The molecule has 0 aromatic carbocycles. The molecule has 0 saturated heterocycles. The van der Waals surface area contributed by atoms with Gasteiger partial charge >= 0.3 is 6.09 Å². The molecule has 1 amide bonds. The topological polar surface area (TPSA) is 56.2 Å². The summed E-state index contributed by atoms with van der Waals surface area (Å²) in [6.45, 7) is 6.16. The van der Waals surface area contributed by atoms with Crippen LogP contribution in [0, 0.1) is 0 Å². The number of carbonyl (C=O) groups excluding carboxylic acids is 1. The van der Waals surface area contributed by atoms with E-state index in [9.17, 15) is 4.79 Å². The van der Waals surface area contributed by atoms with E-state index in [4.69, 9.17) is 4.74 Å². The monoisotopic (exact) mass is 223 g/mol. The average molecular weight is 223 g/mol. The largest absolute Gasteiger partial charge is 0.413 e. The van der Waals surface area contributed by atoms with Gasteiger partial charge in [-0.25, -0.2) is 4.79 Å². The van der Waals surface area contributed by atoms with Crippen molar-refractivity contribution < 1.29 is 9.53 Å². The van der Waals surface area contributed by atoms with Gasteiger partial charge in [0, 0.05) is 0 Å². The number of ether oxygens (including phenoxy) is 1. The molecule has 1 unspecified atom stereocenters. The number of rotatable bonds is 3. The molecule has 1 N–H and O–H groups in total. The maximum Gasteiger partial charge on any atom is 0.413 e. The predicted octanol–water partition coefficient (Wildman–Crippen LogP) is 2.41. The van der Waals surface area contributed by atoms with Crippen molar-refractivity contribution in [2.24, 2.45) is 0 Å². The highest BCUT2D eigenvalue weighted by molar-refractivity contribution is 5.73. The summed E-state index contributed by atoms with van der Waals surface area (Å²) >= 11 is 0. The molecule has 0 spiro atoms. The van der Waals surface area contributed by atoms with Crippen LogP contribution in [0.5, 0.6) is 5.75 Å². The van der Waals surface area contributed by atoms with E-state index >= 15 is 0 Å². The zero-order valence-corrected chi connectivity index (χ0v) is 9.86. The van der Waals surface area contributed by atoms with Crippen LogP contribution in [0.2, 0.25) is 0 Å². The van der Waals surface area contributed by atoms with Crippen molar-refractivity contribution in [3.63, 3.8) is 0 Å². The van der Waals surface area contributed by atoms with Crippen molar-refractivity contribution >= 4 is 6.09 Å². The van der Waals surface area contributed by atoms with Crippen molar-refractivity contribution in [2.45, 2.75) is 45.7 Å². The van der Waals surface area contributed by atoms with Gasteiger partial charge in [-0.15, -0.1) is 0 Å². The standard InChI is InChI=1S/C11H17N3O2/c1-4-8(5-2)14-6-9-10(13-14)7(3)12-11(15)16-9/h6-8H,4-5H2,1-3H3,(H,12,15). The van der Waals surface area contributed by atoms with Crippen molar-refractivity contribution in [3.8, 4) is 5.75 Å². The summed E-state index contributed by atoms with van der Waals surface area (Å²) in [5, 5.41) is 7.17. The minimum atomic E-state index is -0.399. The van der Waals surface area contributed by atoms with Gasteiger partial charge < -0.3 is 10.1 Å². The van der Waals surface area contributed by atoms with Crippen LogP contribution >= 0.6 is 0 Å². The molecule has 2 rings (SSSR count). The maximum absolute atomic E-state index is 11.2. The highest BCUT2D eigenvalue weighted by Crippen LogP contribution is 2.29. The van der Waals surface area contributed by atoms with Gasteiger partial charge in [0.25, 0.3) is 0 Å². The number of hydrogen-bond acceptors (Lipinski definition) is 3. The second-order valence-corrected chi connectivity index (χ2v) is 4.08. The molecule has 1 aromatic rings. The number of nitrogens with zero attached hydrogens (tertiary/aromatic N) is 2. The molecule has 5 heteroatoms. The van der Waals surface area contributed by atoms with Crippen molar-refractivity contribution in [2.75, 3.05) is 0 Å². The Morgan fingerprint density at radius 2 is 2.25 bits per heavy atom. The molecule has 1 atom stereocenters. The Morgan fingerprint density at radius 3 is 2.88 bits per heavy atom. The first-order valence-corrected chi connectivity index (χ1v) is 5.73. The molecule has 1 aromatic heterocycles. The quantitative estimate of drug-likeness (QED) is 0.856. The van der Waals surface area contributed by atoms with Gasteiger partial charge in [-0.1, -0.05) is 13.8 Å². The lowest BCUT2D eigenvalue weighted by Gasteiger charge is -2.17. The van der Waals surface area contributed by atoms with E-state index in [-0.39, 0.29) is 6.04 Å². The third-order valence-electron chi connectivity index (χ3n) is 2.99. The van der Waals surface area contributed by atoms with Crippen LogP contribution in [0.3, 0.4) is 0 Å². The summed E-state index contributed by atoms with van der Waals surface area (Å²) in [7, 11) is 0. The second-order valence-electron chi connectivity index (χ2n) is 4.08. The molecule has 0 saturated carbocycles. The normalized spacial score (nSPS) is 19.2. The average Bonchev–Trinajstić information content (AvgIpc) is 2.63. The Labute approximate surface area is 94.8 Å². The van der Waals surface area contributed by atoms with E-state index in [0.717, 1.165) is 18.5 Å². The van der Waals surface area contributed by atoms with E-state index in [1.807, 2.05) is 17.8 Å². The molecule has 16 heavy (non-hydrogen) atoms. The van der Waals surface area contributed by atoms with Crippen molar-refractivity contribution in [1.29, 1.82) is 0 Å². The van der Waals surface area contributed by atoms with Gasteiger partial charge in [0.05, 0.1) is 18.3 Å². The van der Waals surface area contributed by atoms with Crippen molar-refractivity contribution in [3.05, 3.63) is 11.9 Å². The number of nitrogens with one attached hydrogen (secondary N) is 1. The van der Waals surface area contributed by atoms with E-state index in [2.05, 4.69) is 24.3 Å². The molecule has 0 aliphatic carbocycles. The van der Waals surface area contributed by atoms with Gasteiger partial charge in [0.1, 0.15) is 5.69 Å². The van der Waals surface area contributed by atoms with Gasteiger partial charge in [-0.3, -0.25) is 4.68 Å². The highest BCUT2D eigenvalue weighted by atomic mass is 16.6. The van der Waals surface area contributed by atoms with Crippen molar-refractivity contribution in [1.82, 2.24) is 15.1 Å². The molecule has 1 aliphatic heterocycles. The summed E-state index contributed by atoms with van der Waals surface area (Å²) in [5.41, 5.74) is 0.812. The lowest BCUT2D eigenvalue weighted by atomic mass is 10.2. The molecule has 5 nitrogen and oxygen atoms in total. The summed E-state index contributed by atoms with van der Waals surface area (Å²) < 4.78 is 6.99. The Kier molecular flexibility index (Phi) is 2.85. The zero-order chi connectivity index (χ0) is 11.7. The van der Waals surface area contributed by atoms with Gasteiger partial charge in [0.15, 0.2) is 5.75 Å². The van der Waals surface area contributed by atoms with Gasteiger partial charge in [0.2, 0.25) is 0 Å². The molecule has 0 bridgehead atoms. The van der Waals surface area contributed by atoms with E-state index in [1.54, 1.807) is 0 Å². The van der Waals surface area contributed by atoms with Crippen LogP contribution < -0.4 is 10.1 Å². The minimum Gasteiger partial charge on any atom is -0.407 e. The lowest BCUT2D eigenvalue weighted by molar-refractivity contribution is 0.189. The fourth-order valence-corrected chi connectivity index (χ4v) is 1.99. The highest BCUT2D eigenvalue weighted by Gasteiger charge is 2.27. The SMILES string of the molecule is CCC(CC)n1cc2c(n1)C(C)NC(=O)O2. The third-order valence-corrected chi connectivity index (χ3v) is 2.99. The fraction of sp³-hybridized carbons (Fsp3) is 0.636. The molecule has 2 heterocycles. The summed E-state index contributed by atoms with van der Waals surface area (Å²) in [5.74, 6) is 0.586. The Hall–Kier alpha value is -1.52. The molecule has 1 aliphatic rings. The first kappa shape index (κ1) is 11.0. The summed E-state index contributed by atoms with van der Waals surface area (Å²) in [6, 6.07) is 0.295. The Morgan fingerprint density at radius 1 is 1.56 bits per heavy atom. The minimum absolute atomic E-state index is 0.0770. The fourth-order valence-electron chi connectivity index (χ4n) is 1.99. The first-order chi connectivity index (χ1) is 7.65. The lowest BCUT2D eigenvalue weighted by Crippen LogP contribution is -2.34. The molecule has 0 radical (unpaired) electrons. The third kappa shape index (κ3) is 1.77. The summed E-state index contributed by atoms with van der Waals surface area (Å²) in [4.78, 5) is 11.2. The molecule has 88 valence electrons. The number of aromatic nitrogens is 2. The second kappa shape index (κ2) is 4.15. The molecule has 0 fully saturated rings. The number of hydrogen-bond donors (Lipinski definition) is 1.